The van der Waals surface area contributed by atoms with Crippen molar-refractivity contribution < 1.29 is 55.1 Å². The van der Waals surface area contributed by atoms with Crippen LogP contribution >= 0.6 is 0 Å². The molecule has 0 amide bonds. The van der Waals surface area contributed by atoms with Gasteiger partial charge in [0.05, 0.1) is 13.2 Å². The molecule has 0 aromatic rings. The van der Waals surface area contributed by atoms with Crippen LogP contribution < -0.4 is 0 Å². The summed E-state index contributed by atoms with van der Waals surface area (Å²) >= 11 is 0. The minimum Gasteiger partial charge on any atom is -0.394 e. The molecule has 2 aliphatic rings. The highest BCUT2D eigenvalue weighted by Gasteiger charge is 2.50. The van der Waals surface area contributed by atoms with E-state index in [1.807, 2.05) is 0 Å². The van der Waals surface area contributed by atoms with Gasteiger partial charge in [0.2, 0.25) is 0 Å². The number of hydrogen-bond acceptors (Lipinski definition) is 11. The van der Waals surface area contributed by atoms with Crippen LogP contribution in [0.1, 0.15) is 0 Å². The Balaban J connectivity index is 2.08. The summed E-state index contributed by atoms with van der Waals surface area (Å²) in [6.07, 6.45) is -15.6. The molecule has 136 valence electrons. The lowest BCUT2D eigenvalue weighted by molar-refractivity contribution is -0.361. The number of aliphatic hydroxyl groups is 8. The fraction of sp³-hybridized carbons (Fsp3) is 1.00. The lowest BCUT2D eigenvalue weighted by atomic mass is 9.97. The molecule has 0 aliphatic carbocycles. The van der Waals surface area contributed by atoms with Crippen LogP contribution in [-0.4, -0.2) is 115 Å². The summed E-state index contributed by atoms with van der Waals surface area (Å²) in [5.41, 5.74) is 0. The molecule has 10 atom stereocenters. The van der Waals surface area contributed by atoms with E-state index in [4.69, 9.17) is 24.4 Å². The maximum absolute atomic E-state index is 9.94. The Hall–Kier alpha value is -0.440. The largest absolute Gasteiger partial charge is 0.394 e. The average molecular weight is 342 g/mol. The van der Waals surface area contributed by atoms with Gasteiger partial charge in [0.15, 0.2) is 12.6 Å². The van der Waals surface area contributed by atoms with Gasteiger partial charge in [-0.05, 0) is 0 Å². The van der Waals surface area contributed by atoms with E-state index < -0.39 is 74.6 Å². The van der Waals surface area contributed by atoms with Crippen LogP contribution in [0.3, 0.4) is 0 Å². The van der Waals surface area contributed by atoms with Gasteiger partial charge in [0, 0.05) is 0 Å². The van der Waals surface area contributed by atoms with Crippen LogP contribution in [-0.2, 0) is 14.2 Å². The summed E-state index contributed by atoms with van der Waals surface area (Å²) in [4.78, 5) is 0. The normalized spacial score (nSPS) is 51.7. The Kier molecular flexibility index (Phi) is 6.27. The van der Waals surface area contributed by atoms with Crippen molar-refractivity contribution in [3.8, 4) is 0 Å². The second kappa shape index (κ2) is 7.63. The first-order valence-corrected chi connectivity index (χ1v) is 7.08. The zero-order chi connectivity index (χ0) is 17.3. The van der Waals surface area contributed by atoms with Crippen molar-refractivity contribution in [2.24, 2.45) is 0 Å². The highest BCUT2D eigenvalue weighted by atomic mass is 16.7. The van der Waals surface area contributed by atoms with Crippen molar-refractivity contribution in [3.05, 3.63) is 0 Å². The van der Waals surface area contributed by atoms with E-state index in [9.17, 15) is 30.6 Å². The molecule has 0 spiro atoms. The van der Waals surface area contributed by atoms with Gasteiger partial charge in [-0.15, -0.1) is 0 Å². The lowest BCUT2D eigenvalue weighted by Gasteiger charge is -2.44. The highest BCUT2D eigenvalue weighted by molar-refractivity contribution is 4.93. The summed E-state index contributed by atoms with van der Waals surface area (Å²) in [5, 5.41) is 76.7. The van der Waals surface area contributed by atoms with Gasteiger partial charge in [-0.2, -0.15) is 0 Å². The van der Waals surface area contributed by atoms with Gasteiger partial charge in [-0.1, -0.05) is 0 Å². The van der Waals surface area contributed by atoms with Gasteiger partial charge < -0.3 is 55.1 Å². The Morgan fingerprint density at radius 3 is 1.74 bits per heavy atom. The smallest absolute Gasteiger partial charge is 0.187 e. The predicted octanol–water partition coefficient (Wildman–Crippen LogP) is -5.40. The van der Waals surface area contributed by atoms with Crippen molar-refractivity contribution >= 4 is 0 Å². The fourth-order valence-corrected chi connectivity index (χ4v) is 2.55. The Morgan fingerprint density at radius 2 is 1.17 bits per heavy atom. The predicted molar refractivity (Wildman–Crippen MR) is 68.6 cm³/mol. The molecule has 4 unspecified atom stereocenters. The second-order valence-corrected chi connectivity index (χ2v) is 5.53. The van der Waals surface area contributed by atoms with Gasteiger partial charge in [0.25, 0.3) is 0 Å². The van der Waals surface area contributed by atoms with E-state index >= 15 is 0 Å². The van der Waals surface area contributed by atoms with Crippen LogP contribution in [0, 0.1) is 0 Å². The molecule has 2 aliphatic heterocycles. The molecular weight excluding hydrogens is 320 g/mol. The molecule has 0 saturated carbocycles. The average Bonchev–Trinajstić information content (AvgIpc) is 2.54. The molecule has 0 radical (unpaired) electrons. The minimum absolute atomic E-state index is 0.651. The van der Waals surface area contributed by atoms with Crippen molar-refractivity contribution in [3.63, 3.8) is 0 Å². The number of aliphatic hydroxyl groups excluding tert-OH is 8. The molecule has 2 fully saturated rings. The summed E-state index contributed by atoms with van der Waals surface area (Å²) in [7, 11) is 0. The SMILES string of the molecule is OCC1O[C@@H](OC2[C@H](O)OC(CO)[C@@H](O)[C@@H]2O)C(O)[C@@H](O)[C@@H]1O. The van der Waals surface area contributed by atoms with E-state index in [2.05, 4.69) is 0 Å². The quantitative estimate of drug-likeness (QED) is 0.243. The molecule has 0 aromatic heterocycles. The summed E-state index contributed by atoms with van der Waals surface area (Å²) in [5.74, 6) is 0. The molecule has 0 aromatic carbocycles. The first-order valence-electron chi connectivity index (χ1n) is 7.08. The van der Waals surface area contributed by atoms with Crippen molar-refractivity contribution in [2.45, 2.75) is 61.4 Å². The van der Waals surface area contributed by atoms with Gasteiger partial charge in [0.1, 0.15) is 48.8 Å². The summed E-state index contributed by atoms with van der Waals surface area (Å²) < 4.78 is 15.1. The van der Waals surface area contributed by atoms with E-state index in [1.165, 1.54) is 0 Å². The molecule has 23 heavy (non-hydrogen) atoms. The Morgan fingerprint density at radius 1 is 0.652 bits per heavy atom. The van der Waals surface area contributed by atoms with Crippen LogP contribution in [0.25, 0.3) is 0 Å². The third-order valence-corrected chi connectivity index (χ3v) is 3.98. The topological polar surface area (TPSA) is 190 Å². The molecule has 0 bridgehead atoms. The molecule has 2 saturated heterocycles. The zero-order valence-corrected chi connectivity index (χ0v) is 12.0. The van der Waals surface area contributed by atoms with E-state index in [0.717, 1.165) is 0 Å². The first kappa shape index (κ1) is 18.9. The highest BCUT2D eigenvalue weighted by Crippen LogP contribution is 2.28. The Labute approximate surface area is 130 Å². The third kappa shape index (κ3) is 3.65. The van der Waals surface area contributed by atoms with Gasteiger partial charge in [-0.3, -0.25) is 0 Å². The maximum Gasteiger partial charge on any atom is 0.187 e. The molecular formula is C12H22O11. The van der Waals surface area contributed by atoms with E-state index in [1.54, 1.807) is 0 Å². The number of hydrogen-bond donors (Lipinski definition) is 8. The number of rotatable bonds is 4. The molecule has 2 rings (SSSR count). The zero-order valence-electron chi connectivity index (χ0n) is 12.0. The first-order chi connectivity index (χ1) is 10.8. The van der Waals surface area contributed by atoms with Crippen molar-refractivity contribution in [1.29, 1.82) is 0 Å². The van der Waals surface area contributed by atoms with E-state index in [0.29, 0.717) is 0 Å². The molecule has 11 heteroatoms. The maximum atomic E-state index is 9.94. The van der Waals surface area contributed by atoms with Gasteiger partial charge >= 0.3 is 0 Å². The third-order valence-electron chi connectivity index (χ3n) is 3.98. The second-order valence-electron chi connectivity index (χ2n) is 5.53. The molecule has 8 N–H and O–H groups in total. The standard InChI is InChI=1S/C12H22O11/c13-1-3-6(16)8(18)10(11(20)21-3)23-12-9(19)7(17)5(15)4(2-14)22-12/h3-20H,1-2H2/t3?,4?,5-,6-,7+,8+,9?,10?,11-,12+/m1/s1. The fourth-order valence-electron chi connectivity index (χ4n) is 2.55. The monoisotopic (exact) mass is 342 g/mol. The lowest BCUT2D eigenvalue weighted by Crippen LogP contribution is -2.64. The van der Waals surface area contributed by atoms with Crippen LogP contribution in [0.5, 0.6) is 0 Å². The minimum atomic E-state index is -1.75. The summed E-state index contributed by atoms with van der Waals surface area (Å²) in [6.45, 7) is -1.33. The van der Waals surface area contributed by atoms with Crippen LogP contribution in [0.2, 0.25) is 0 Å². The molecule has 11 nitrogen and oxygen atoms in total. The van der Waals surface area contributed by atoms with Crippen LogP contribution in [0.15, 0.2) is 0 Å². The molecule has 2 heterocycles. The van der Waals surface area contributed by atoms with Crippen LogP contribution in [0.4, 0.5) is 0 Å². The van der Waals surface area contributed by atoms with Crippen molar-refractivity contribution in [2.75, 3.05) is 13.2 Å². The van der Waals surface area contributed by atoms with Crippen molar-refractivity contribution in [1.82, 2.24) is 0 Å². The van der Waals surface area contributed by atoms with Gasteiger partial charge in [-0.25, -0.2) is 0 Å². The summed E-state index contributed by atoms with van der Waals surface area (Å²) in [6, 6.07) is 0. The Bertz CT molecular complexity index is 380. The van der Waals surface area contributed by atoms with E-state index in [-0.39, 0.29) is 0 Å². The number of ether oxygens (including phenoxy) is 3.